The maximum absolute atomic E-state index is 9.14. The van der Waals surface area contributed by atoms with Gasteiger partial charge in [-0.1, -0.05) is 0 Å². The van der Waals surface area contributed by atoms with Crippen molar-refractivity contribution in [1.29, 1.82) is 5.26 Å². The van der Waals surface area contributed by atoms with E-state index in [0.29, 0.717) is 0 Å². The normalized spacial score (nSPS) is 15.1. The molecule has 1 aliphatic heterocycles. The highest BCUT2D eigenvalue weighted by atomic mass is 16.3. The first kappa shape index (κ1) is 18.8. The van der Waals surface area contributed by atoms with Gasteiger partial charge in [0.15, 0.2) is 0 Å². The highest BCUT2D eigenvalue weighted by Gasteiger charge is 2.17. The van der Waals surface area contributed by atoms with Gasteiger partial charge in [0.2, 0.25) is 0 Å². The molecule has 0 unspecified atom stereocenters. The number of hydrogen-bond acceptors (Lipinski definition) is 4. The van der Waals surface area contributed by atoms with E-state index in [1.165, 1.54) is 34.9 Å². The molecule has 1 aliphatic rings. The minimum atomic E-state index is 0.730. The van der Waals surface area contributed by atoms with Crippen molar-refractivity contribution in [3.05, 3.63) is 66.2 Å². The molecule has 5 heteroatoms. The Hall–Kier alpha value is -3.23. The monoisotopic (exact) mass is 398 g/mol. The number of nitrogens with zero attached hydrogens (tertiary/aromatic N) is 3. The van der Waals surface area contributed by atoms with Crippen molar-refractivity contribution < 1.29 is 4.42 Å². The molecule has 0 amide bonds. The van der Waals surface area contributed by atoms with Crippen molar-refractivity contribution in [3.63, 3.8) is 0 Å². The summed E-state index contributed by atoms with van der Waals surface area (Å²) < 4.78 is 5.30. The van der Waals surface area contributed by atoms with Crippen molar-refractivity contribution in [2.45, 2.75) is 19.3 Å². The molecular formula is C25H26N4O. The Morgan fingerprint density at radius 3 is 2.70 bits per heavy atom. The van der Waals surface area contributed by atoms with Crippen LogP contribution in [0.1, 0.15) is 24.0 Å². The van der Waals surface area contributed by atoms with Crippen LogP contribution in [0.3, 0.4) is 0 Å². The predicted molar refractivity (Wildman–Crippen MR) is 121 cm³/mol. The van der Waals surface area contributed by atoms with E-state index in [-0.39, 0.29) is 0 Å². The summed E-state index contributed by atoms with van der Waals surface area (Å²) in [6.07, 6.45) is 9.15. The summed E-state index contributed by atoms with van der Waals surface area (Å²) in [6, 6.07) is 14.7. The molecule has 0 aliphatic carbocycles. The standard InChI is InChI=1S/C25H26N4O/c26-15-19-4-7-25-24(13-19)20(16-27-25)3-1-2-8-28-9-11-29(12-10-28)23-6-5-21-17-30-18-22(21)14-23/h4-7,13-14,16-18,27H,1-3,8-12H2. The molecule has 5 rings (SSSR count). The molecule has 4 aromatic rings. The van der Waals surface area contributed by atoms with Crippen molar-refractivity contribution in [2.24, 2.45) is 0 Å². The van der Waals surface area contributed by atoms with E-state index in [1.807, 2.05) is 24.5 Å². The van der Waals surface area contributed by atoms with E-state index in [0.717, 1.165) is 55.6 Å². The number of aromatic nitrogens is 1. The van der Waals surface area contributed by atoms with Gasteiger partial charge in [-0.15, -0.1) is 0 Å². The van der Waals surface area contributed by atoms with E-state index in [2.05, 4.69) is 45.2 Å². The minimum absolute atomic E-state index is 0.730. The third kappa shape index (κ3) is 3.79. The van der Waals surface area contributed by atoms with Gasteiger partial charge in [0.25, 0.3) is 0 Å². The van der Waals surface area contributed by atoms with Crippen molar-refractivity contribution >= 4 is 27.4 Å². The Balaban J connectivity index is 1.10. The molecule has 0 spiro atoms. The number of nitriles is 1. The second-order valence-corrected chi connectivity index (χ2v) is 8.16. The van der Waals surface area contributed by atoms with Gasteiger partial charge in [-0.2, -0.15) is 5.26 Å². The van der Waals surface area contributed by atoms with Crippen LogP contribution in [0, 0.1) is 11.3 Å². The summed E-state index contributed by atoms with van der Waals surface area (Å²) in [5.74, 6) is 0. The molecule has 1 N–H and O–H groups in total. The molecule has 30 heavy (non-hydrogen) atoms. The summed E-state index contributed by atoms with van der Waals surface area (Å²) >= 11 is 0. The topological polar surface area (TPSA) is 59.2 Å². The number of piperazine rings is 1. The average molecular weight is 399 g/mol. The SMILES string of the molecule is N#Cc1ccc2[nH]cc(CCCCN3CCN(c4ccc5cocc5c4)CC3)c2c1. The van der Waals surface area contributed by atoms with Gasteiger partial charge in [0, 0.05) is 59.7 Å². The molecule has 2 aromatic carbocycles. The van der Waals surface area contributed by atoms with Crippen molar-refractivity contribution in [1.82, 2.24) is 9.88 Å². The van der Waals surface area contributed by atoms with Crippen LogP contribution < -0.4 is 4.90 Å². The van der Waals surface area contributed by atoms with E-state index in [4.69, 9.17) is 9.68 Å². The molecule has 0 saturated carbocycles. The van der Waals surface area contributed by atoms with Crippen LogP contribution in [0.15, 0.2) is 59.5 Å². The number of aromatic amines is 1. The van der Waals surface area contributed by atoms with Crippen molar-refractivity contribution in [3.8, 4) is 6.07 Å². The van der Waals surface area contributed by atoms with E-state index < -0.39 is 0 Å². The van der Waals surface area contributed by atoms with Crippen molar-refractivity contribution in [2.75, 3.05) is 37.6 Å². The van der Waals surface area contributed by atoms with Gasteiger partial charge in [-0.25, -0.2) is 0 Å². The second-order valence-electron chi connectivity index (χ2n) is 8.16. The lowest BCUT2D eigenvalue weighted by Gasteiger charge is -2.36. The Morgan fingerprint density at radius 2 is 1.83 bits per heavy atom. The molecule has 0 radical (unpaired) electrons. The predicted octanol–water partition coefficient (Wildman–Crippen LogP) is 4.93. The Morgan fingerprint density at radius 1 is 0.967 bits per heavy atom. The molecule has 152 valence electrons. The third-order valence-corrected chi connectivity index (χ3v) is 6.26. The Labute approximate surface area is 176 Å². The molecule has 0 bridgehead atoms. The molecule has 1 saturated heterocycles. The lowest BCUT2D eigenvalue weighted by atomic mass is 10.1. The number of anilines is 1. The zero-order valence-corrected chi connectivity index (χ0v) is 17.1. The highest BCUT2D eigenvalue weighted by molar-refractivity contribution is 5.85. The number of nitrogens with one attached hydrogen (secondary N) is 1. The largest absolute Gasteiger partial charge is 0.471 e. The van der Waals surface area contributed by atoms with E-state index in [9.17, 15) is 0 Å². The van der Waals surface area contributed by atoms with Gasteiger partial charge in [0.05, 0.1) is 24.2 Å². The number of aryl methyl sites for hydroxylation is 1. The number of benzene rings is 2. The van der Waals surface area contributed by atoms with E-state index >= 15 is 0 Å². The minimum Gasteiger partial charge on any atom is -0.471 e. The molecule has 1 fully saturated rings. The molecule has 0 atom stereocenters. The van der Waals surface area contributed by atoms with Gasteiger partial charge in [0.1, 0.15) is 0 Å². The zero-order valence-electron chi connectivity index (χ0n) is 17.1. The second kappa shape index (κ2) is 8.25. The molecule has 3 heterocycles. The van der Waals surface area contributed by atoms with Gasteiger partial charge in [-0.3, -0.25) is 4.90 Å². The number of furan rings is 1. The summed E-state index contributed by atoms with van der Waals surface area (Å²) in [5.41, 5.74) is 4.46. The fourth-order valence-corrected chi connectivity index (χ4v) is 4.48. The number of unbranched alkanes of at least 4 members (excludes halogenated alkanes) is 1. The maximum atomic E-state index is 9.14. The summed E-state index contributed by atoms with van der Waals surface area (Å²) in [5, 5.41) is 12.7. The number of rotatable bonds is 6. The zero-order chi connectivity index (χ0) is 20.3. The third-order valence-electron chi connectivity index (χ3n) is 6.26. The molecule has 5 nitrogen and oxygen atoms in total. The van der Waals surface area contributed by atoms with Gasteiger partial charge < -0.3 is 14.3 Å². The maximum Gasteiger partial charge on any atom is 0.0991 e. The van der Waals surface area contributed by atoms with Gasteiger partial charge in [-0.05, 0) is 67.8 Å². The smallest absolute Gasteiger partial charge is 0.0991 e. The number of hydrogen-bond donors (Lipinski definition) is 1. The number of fused-ring (bicyclic) bond motifs is 2. The average Bonchev–Trinajstić information content (AvgIpc) is 3.43. The van der Waals surface area contributed by atoms with Crippen LogP contribution in [0.5, 0.6) is 0 Å². The number of H-pyrrole nitrogens is 1. The molecular weight excluding hydrogens is 372 g/mol. The van der Waals surface area contributed by atoms with Crippen LogP contribution in [-0.2, 0) is 6.42 Å². The fourth-order valence-electron chi connectivity index (χ4n) is 4.48. The summed E-state index contributed by atoms with van der Waals surface area (Å²) in [4.78, 5) is 8.38. The first-order chi connectivity index (χ1) is 14.8. The lowest BCUT2D eigenvalue weighted by molar-refractivity contribution is 0.253. The first-order valence-corrected chi connectivity index (χ1v) is 10.7. The quantitative estimate of drug-likeness (QED) is 0.468. The van der Waals surface area contributed by atoms with Crippen LogP contribution >= 0.6 is 0 Å². The summed E-state index contributed by atoms with van der Waals surface area (Å²) in [6.45, 7) is 5.52. The highest BCUT2D eigenvalue weighted by Crippen LogP contribution is 2.24. The molecule has 2 aromatic heterocycles. The van der Waals surface area contributed by atoms with Crippen LogP contribution in [0.4, 0.5) is 5.69 Å². The Kier molecular flexibility index (Phi) is 5.17. The summed E-state index contributed by atoms with van der Waals surface area (Å²) in [7, 11) is 0. The van der Waals surface area contributed by atoms with E-state index in [1.54, 1.807) is 6.26 Å². The lowest BCUT2D eigenvalue weighted by Crippen LogP contribution is -2.46. The van der Waals surface area contributed by atoms with Crippen LogP contribution in [0.25, 0.3) is 21.7 Å². The Bertz CT molecular complexity index is 1190. The van der Waals surface area contributed by atoms with Crippen LogP contribution in [-0.4, -0.2) is 42.6 Å². The fraction of sp³-hybridized carbons (Fsp3) is 0.320. The van der Waals surface area contributed by atoms with Gasteiger partial charge >= 0.3 is 0 Å². The van der Waals surface area contributed by atoms with Crippen LogP contribution in [0.2, 0.25) is 0 Å². The first-order valence-electron chi connectivity index (χ1n) is 10.7.